The van der Waals surface area contributed by atoms with Crippen LogP contribution in [0.15, 0.2) is 0 Å². The molecule has 6 nitrogen and oxygen atoms in total. The van der Waals surface area contributed by atoms with E-state index in [-0.39, 0.29) is 12.8 Å². The van der Waals surface area contributed by atoms with E-state index in [0.717, 1.165) is 0 Å². The smallest absolute Gasteiger partial charge is 0.288 e. The lowest BCUT2D eigenvalue weighted by Crippen LogP contribution is -2.44. The Hall–Kier alpha value is -1.72. The maximum absolute atomic E-state index is 10.9. The molecule has 0 saturated heterocycles. The quantitative estimate of drug-likeness (QED) is 0.564. The first kappa shape index (κ1) is 12.3. The molecule has 0 unspecified atom stereocenters. The van der Waals surface area contributed by atoms with E-state index in [4.69, 9.17) is 0 Å². The van der Waals surface area contributed by atoms with Gasteiger partial charge in [0.1, 0.15) is 0 Å². The number of hydrogen-bond acceptors (Lipinski definition) is 4. The summed E-state index contributed by atoms with van der Waals surface area (Å²) in [6.07, 6.45) is 0.196. The lowest BCUT2D eigenvalue weighted by Gasteiger charge is -2.01. The highest BCUT2D eigenvalue weighted by molar-refractivity contribution is 6.40. The first-order valence-corrected chi connectivity index (χ1v) is 4.19. The van der Waals surface area contributed by atoms with Crippen LogP contribution in [0.4, 0.5) is 0 Å². The minimum Gasteiger partial charge on any atom is -0.288 e. The lowest BCUT2D eigenvalue weighted by atomic mass is 10.4. The zero-order valence-corrected chi connectivity index (χ0v) is 8.05. The van der Waals surface area contributed by atoms with Crippen LogP contribution in [0, 0.1) is 0 Å². The Morgan fingerprint density at radius 3 is 1.29 bits per heavy atom. The van der Waals surface area contributed by atoms with E-state index in [2.05, 4.69) is 0 Å². The molecule has 6 heteroatoms. The largest absolute Gasteiger partial charge is 0.316 e. The molecule has 78 valence electrons. The summed E-state index contributed by atoms with van der Waals surface area (Å²) >= 11 is 0. The number of imide groups is 2. The molecule has 0 aliphatic rings. The van der Waals surface area contributed by atoms with Crippen LogP contribution < -0.4 is 10.6 Å². The second kappa shape index (κ2) is 5.85. The third kappa shape index (κ3) is 4.34. The molecule has 0 rings (SSSR count). The van der Waals surface area contributed by atoms with E-state index in [1.165, 1.54) is 13.8 Å². The molecule has 14 heavy (non-hydrogen) atoms. The lowest BCUT2D eigenvalue weighted by molar-refractivity contribution is -0.144. The van der Waals surface area contributed by atoms with E-state index < -0.39 is 23.6 Å². The Kier molecular flexibility index (Phi) is 5.13. The zero-order valence-electron chi connectivity index (χ0n) is 8.05. The third-order valence-electron chi connectivity index (χ3n) is 1.35. The van der Waals surface area contributed by atoms with Crippen molar-refractivity contribution in [3.8, 4) is 0 Å². The molecular weight excluding hydrogens is 188 g/mol. The Labute approximate surface area is 81.0 Å². The highest BCUT2D eigenvalue weighted by Gasteiger charge is 2.17. The van der Waals surface area contributed by atoms with Crippen LogP contribution >= 0.6 is 0 Å². The van der Waals surface area contributed by atoms with Gasteiger partial charge < -0.3 is 0 Å². The summed E-state index contributed by atoms with van der Waals surface area (Å²) in [5, 5.41) is 3.63. The van der Waals surface area contributed by atoms with Crippen molar-refractivity contribution < 1.29 is 19.2 Å². The van der Waals surface area contributed by atoms with Crippen LogP contribution in [-0.2, 0) is 19.2 Å². The van der Waals surface area contributed by atoms with Gasteiger partial charge in [-0.05, 0) is 0 Å². The molecule has 0 bridgehead atoms. The Bertz CT molecular complexity index is 245. The predicted molar refractivity (Wildman–Crippen MR) is 46.9 cm³/mol. The van der Waals surface area contributed by atoms with Gasteiger partial charge in [0, 0.05) is 12.8 Å². The van der Waals surface area contributed by atoms with Crippen molar-refractivity contribution in [2.24, 2.45) is 0 Å². The SMILES string of the molecule is CCC(=O)NC(=O)C(=O)NC(=O)CC. The zero-order chi connectivity index (χ0) is 11.1. The molecule has 0 aromatic carbocycles. The molecule has 0 radical (unpaired) electrons. The highest BCUT2D eigenvalue weighted by Crippen LogP contribution is 1.79. The number of hydrogen-bond donors (Lipinski definition) is 2. The normalized spacial score (nSPS) is 9.00. The summed E-state index contributed by atoms with van der Waals surface area (Å²) in [6.45, 7) is 3.08. The van der Waals surface area contributed by atoms with E-state index in [9.17, 15) is 19.2 Å². The second-order valence-electron chi connectivity index (χ2n) is 2.46. The summed E-state index contributed by atoms with van der Waals surface area (Å²) < 4.78 is 0. The molecule has 0 aromatic heterocycles. The fourth-order valence-electron chi connectivity index (χ4n) is 0.544. The van der Waals surface area contributed by atoms with Crippen LogP contribution in [0.2, 0.25) is 0 Å². The number of amides is 4. The summed E-state index contributed by atoms with van der Waals surface area (Å²) in [5.74, 6) is -3.35. The Balaban J connectivity index is 4.07. The molecule has 0 aliphatic carbocycles. The maximum atomic E-state index is 10.9. The third-order valence-corrected chi connectivity index (χ3v) is 1.35. The van der Waals surface area contributed by atoms with Crippen molar-refractivity contribution in [2.45, 2.75) is 26.7 Å². The van der Waals surface area contributed by atoms with Crippen LogP contribution in [0.1, 0.15) is 26.7 Å². The first-order chi connectivity index (χ1) is 6.51. The average Bonchev–Trinajstić information content (AvgIpc) is 2.17. The molecule has 0 fully saturated rings. The predicted octanol–water partition coefficient (Wildman–Crippen LogP) is -0.908. The van der Waals surface area contributed by atoms with Gasteiger partial charge in [0.05, 0.1) is 0 Å². The Morgan fingerprint density at radius 2 is 1.07 bits per heavy atom. The molecule has 2 N–H and O–H groups in total. The van der Waals surface area contributed by atoms with Gasteiger partial charge in [-0.1, -0.05) is 13.8 Å². The van der Waals surface area contributed by atoms with Gasteiger partial charge in [-0.3, -0.25) is 29.8 Å². The second-order valence-corrected chi connectivity index (χ2v) is 2.46. The molecule has 0 aliphatic heterocycles. The van der Waals surface area contributed by atoms with Gasteiger partial charge in [-0.15, -0.1) is 0 Å². The Morgan fingerprint density at radius 1 is 0.786 bits per heavy atom. The van der Waals surface area contributed by atoms with Crippen molar-refractivity contribution in [2.75, 3.05) is 0 Å². The van der Waals surface area contributed by atoms with Crippen LogP contribution in [-0.4, -0.2) is 23.6 Å². The van der Waals surface area contributed by atoms with Crippen LogP contribution in [0.25, 0.3) is 0 Å². The molecule has 0 spiro atoms. The minimum absolute atomic E-state index is 0.0980. The van der Waals surface area contributed by atoms with Gasteiger partial charge in [-0.2, -0.15) is 0 Å². The topological polar surface area (TPSA) is 92.3 Å². The van der Waals surface area contributed by atoms with E-state index in [1.54, 1.807) is 0 Å². The fourth-order valence-corrected chi connectivity index (χ4v) is 0.544. The van der Waals surface area contributed by atoms with E-state index >= 15 is 0 Å². The molecule has 0 saturated carbocycles. The number of rotatable bonds is 2. The summed E-state index contributed by atoms with van der Waals surface area (Å²) in [5.41, 5.74) is 0. The van der Waals surface area contributed by atoms with Crippen LogP contribution in [0.5, 0.6) is 0 Å². The van der Waals surface area contributed by atoms with Gasteiger partial charge in [0.25, 0.3) is 0 Å². The minimum atomic E-state index is -1.11. The molecule has 4 amide bonds. The van der Waals surface area contributed by atoms with E-state index in [1.807, 2.05) is 10.6 Å². The van der Waals surface area contributed by atoms with Gasteiger partial charge >= 0.3 is 11.8 Å². The van der Waals surface area contributed by atoms with Crippen molar-refractivity contribution in [1.82, 2.24) is 10.6 Å². The summed E-state index contributed by atoms with van der Waals surface area (Å²) in [4.78, 5) is 43.1. The standard InChI is InChI=1S/C8H12N2O4/c1-3-5(11)9-7(13)8(14)10-6(12)4-2/h3-4H2,1-2H3,(H,9,11,13)(H,10,12,14). The molecular formula is C8H12N2O4. The number of carbonyl (C=O) groups excluding carboxylic acids is 4. The highest BCUT2D eigenvalue weighted by atomic mass is 16.2. The van der Waals surface area contributed by atoms with Gasteiger partial charge in [0.2, 0.25) is 11.8 Å². The molecule has 0 aromatic rings. The average molecular weight is 200 g/mol. The number of nitrogens with one attached hydrogen (secondary N) is 2. The molecule has 0 heterocycles. The number of carbonyl (C=O) groups is 4. The monoisotopic (exact) mass is 200 g/mol. The molecule has 0 atom stereocenters. The van der Waals surface area contributed by atoms with Crippen molar-refractivity contribution in [3.63, 3.8) is 0 Å². The fraction of sp³-hybridized carbons (Fsp3) is 0.500. The van der Waals surface area contributed by atoms with Crippen molar-refractivity contribution in [1.29, 1.82) is 0 Å². The van der Waals surface area contributed by atoms with Crippen molar-refractivity contribution in [3.05, 3.63) is 0 Å². The van der Waals surface area contributed by atoms with Crippen molar-refractivity contribution >= 4 is 23.6 Å². The maximum Gasteiger partial charge on any atom is 0.316 e. The first-order valence-electron chi connectivity index (χ1n) is 4.19. The summed E-state index contributed by atoms with van der Waals surface area (Å²) in [7, 11) is 0. The van der Waals surface area contributed by atoms with Gasteiger partial charge in [-0.25, -0.2) is 0 Å². The van der Waals surface area contributed by atoms with E-state index in [0.29, 0.717) is 0 Å². The van der Waals surface area contributed by atoms with Gasteiger partial charge in [0.15, 0.2) is 0 Å². The summed E-state index contributed by atoms with van der Waals surface area (Å²) in [6, 6.07) is 0. The van der Waals surface area contributed by atoms with Crippen LogP contribution in [0.3, 0.4) is 0 Å².